The van der Waals surface area contributed by atoms with E-state index in [1.807, 2.05) is 6.92 Å². The maximum Gasteiger partial charge on any atom is 0.246 e. The first kappa shape index (κ1) is 16.3. The van der Waals surface area contributed by atoms with Crippen LogP contribution in [0.15, 0.2) is 0 Å². The average molecular weight is 296 g/mol. The smallest absolute Gasteiger partial charge is 0.246 e. The van der Waals surface area contributed by atoms with E-state index in [9.17, 15) is 9.59 Å². The van der Waals surface area contributed by atoms with Gasteiger partial charge in [0.25, 0.3) is 0 Å². The van der Waals surface area contributed by atoms with Crippen molar-refractivity contribution < 1.29 is 14.3 Å². The first-order chi connectivity index (χ1) is 10.0. The van der Waals surface area contributed by atoms with Gasteiger partial charge < -0.3 is 15.0 Å². The van der Waals surface area contributed by atoms with Gasteiger partial charge in [-0.05, 0) is 37.5 Å². The molecule has 21 heavy (non-hydrogen) atoms. The molecule has 5 nitrogen and oxygen atoms in total. The maximum atomic E-state index is 12.6. The van der Waals surface area contributed by atoms with E-state index in [1.165, 1.54) is 0 Å². The van der Waals surface area contributed by atoms with Gasteiger partial charge in [0.05, 0.1) is 0 Å². The van der Waals surface area contributed by atoms with E-state index in [0.717, 1.165) is 25.9 Å². The van der Waals surface area contributed by atoms with Crippen molar-refractivity contribution in [3.8, 4) is 0 Å². The third kappa shape index (κ3) is 4.19. The summed E-state index contributed by atoms with van der Waals surface area (Å²) in [5.41, 5.74) is 0. The van der Waals surface area contributed by atoms with Crippen LogP contribution in [0.1, 0.15) is 46.5 Å². The SMILES string of the molecule is CCC1C(=O)NC(C2CC2)C(=O)N1CCCOCC(C)C. The van der Waals surface area contributed by atoms with Gasteiger partial charge in [0.1, 0.15) is 12.1 Å². The van der Waals surface area contributed by atoms with Crippen LogP contribution in [0.5, 0.6) is 0 Å². The number of amides is 2. The molecule has 5 heteroatoms. The second-order valence-electron chi connectivity index (χ2n) is 6.60. The third-order valence-corrected chi connectivity index (χ3v) is 4.14. The summed E-state index contributed by atoms with van der Waals surface area (Å²) >= 11 is 0. The number of carbonyl (C=O) groups is 2. The Bertz CT molecular complexity index is 380. The number of nitrogens with one attached hydrogen (secondary N) is 1. The fraction of sp³-hybridized carbons (Fsp3) is 0.875. The van der Waals surface area contributed by atoms with Crippen LogP contribution in [0.25, 0.3) is 0 Å². The predicted molar refractivity (Wildman–Crippen MR) is 80.7 cm³/mol. The van der Waals surface area contributed by atoms with E-state index in [2.05, 4.69) is 19.2 Å². The summed E-state index contributed by atoms with van der Waals surface area (Å²) in [7, 11) is 0. The van der Waals surface area contributed by atoms with E-state index in [-0.39, 0.29) is 23.9 Å². The molecule has 2 fully saturated rings. The molecule has 2 atom stereocenters. The van der Waals surface area contributed by atoms with Gasteiger partial charge in [-0.1, -0.05) is 20.8 Å². The van der Waals surface area contributed by atoms with Crippen LogP contribution in [-0.2, 0) is 14.3 Å². The highest BCUT2D eigenvalue weighted by molar-refractivity contribution is 5.97. The standard InChI is InChI=1S/C16H28N2O3/c1-4-13-15(19)17-14(12-6-7-12)16(20)18(13)8-5-9-21-10-11(2)3/h11-14H,4-10H2,1-3H3,(H,17,19). The number of rotatable bonds is 8. The molecule has 2 aliphatic rings. The van der Waals surface area contributed by atoms with Crippen LogP contribution in [-0.4, -0.2) is 48.6 Å². The summed E-state index contributed by atoms with van der Waals surface area (Å²) in [6.07, 6.45) is 3.57. The summed E-state index contributed by atoms with van der Waals surface area (Å²) < 4.78 is 5.57. The Balaban J connectivity index is 1.86. The molecule has 0 aromatic carbocycles. The molecular formula is C16H28N2O3. The van der Waals surface area contributed by atoms with Crippen molar-refractivity contribution in [3.05, 3.63) is 0 Å². The second kappa shape index (κ2) is 7.25. The minimum absolute atomic E-state index is 0.0112. The summed E-state index contributed by atoms with van der Waals surface area (Å²) in [6.45, 7) is 8.20. The number of hydrogen-bond donors (Lipinski definition) is 1. The van der Waals surface area contributed by atoms with Gasteiger partial charge in [-0.25, -0.2) is 0 Å². The lowest BCUT2D eigenvalue weighted by atomic mass is 10.0. The lowest BCUT2D eigenvalue weighted by molar-refractivity contribution is -0.150. The number of hydrogen-bond acceptors (Lipinski definition) is 3. The number of nitrogens with zero attached hydrogens (tertiary/aromatic N) is 1. The van der Waals surface area contributed by atoms with E-state index in [0.29, 0.717) is 31.4 Å². The van der Waals surface area contributed by atoms with E-state index < -0.39 is 0 Å². The zero-order valence-electron chi connectivity index (χ0n) is 13.4. The number of ether oxygens (including phenoxy) is 1. The molecule has 0 aromatic heterocycles. The van der Waals surface area contributed by atoms with E-state index >= 15 is 0 Å². The first-order valence-electron chi connectivity index (χ1n) is 8.23. The van der Waals surface area contributed by atoms with Crippen LogP contribution < -0.4 is 5.32 Å². The Morgan fingerprint density at radius 1 is 1.33 bits per heavy atom. The molecule has 1 saturated heterocycles. The monoisotopic (exact) mass is 296 g/mol. The molecule has 0 spiro atoms. The minimum atomic E-state index is -0.308. The lowest BCUT2D eigenvalue weighted by Crippen LogP contribution is -2.64. The van der Waals surface area contributed by atoms with Crippen LogP contribution in [0.3, 0.4) is 0 Å². The zero-order chi connectivity index (χ0) is 15.4. The fourth-order valence-corrected chi connectivity index (χ4v) is 2.86. The molecule has 0 bridgehead atoms. The summed E-state index contributed by atoms with van der Waals surface area (Å²) in [5, 5.41) is 2.91. The molecule has 1 aliphatic carbocycles. The summed E-state index contributed by atoms with van der Waals surface area (Å²) in [4.78, 5) is 26.5. The Kier molecular flexibility index (Phi) is 5.62. The average Bonchev–Trinajstić information content (AvgIpc) is 3.25. The second-order valence-corrected chi connectivity index (χ2v) is 6.60. The van der Waals surface area contributed by atoms with Gasteiger partial charge in [0.2, 0.25) is 11.8 Å². The molecule has 0 radical (unpaired) electrons. The molecule has 1 saturated carbocycles. The highest BCUT2D eigenvalue weighted by Crippen LogP contribution is 2.35. The molecule has 1 aliphatic heterocycles. The van der Waals surface area contributed by atoms with Crippen LogP contribution >= 0.6 is 0 Å². The highest BCUT2D eigenvalue weighted by atomic mass is 16.5. The van der Waals surface area contributed by atoms with Crippen molar-refractivity contribution in [3.63, 3.8) is 0 Å². The van der Waals surface area contributed by atoms with Crippen molar-refractivity contribution in [1.29, 1.82) is 0 Å². The Hall–Kier alpha value is -1.10. The molecule has 2 amide bonds. The predicted octanol–water partition coefficient (Wildman–Crippen LogP) is 1.56. The summed E-state index contributed by atoms with van der Waals surface area (Å²) in [5.74, 6) is 0.999. The van der Waals surface area contributed by atoms with Gasteiger partial charge in [-0.3, -0.25) is 9.59 Å². The van der Waals surface area contributed by atoms with Gasteiger partial charge in [-0.2, -0.15) is 0 Å². The minimum Gasteiger partial charge on any atom is -0.381 e. The topological polar surface area (TPSA) is 58.6 Å². The van der Waals surface area contributed by atoms with Crippen molar-refractivity contribution in [2.24, 2.45) is 11.8 Å². The normalized spacial score (nSPS) is 26.4. The van der Waals surface area contributed by atoms with Crippen molar-refractivity contribution >= 4 is 11.8 Å². The quantitative estimate of drug-likeness (QED) is 0.692. The fourth-order valence-electron chi connectivity index (χ4n) is 2.86. The Labute approximate surface area is 127 Å². The van der Waals surface area contributed by atoms with E-state index in [1.54, 1.807) is 4.90 Å². The Morgan fingerprint density at radius 3 is 2.62 bits per heavy atom. The molecule has 2 rings (SSSR count). The van der Waals surface area contributed by atoms with Gasteiger partial charge >= 0.3 is 0 Å². The molecule has 0 aromatic rings. The first-order valence-corrected chi connectivity index (χ1v) is 8.23. The molecule has 2 unspecified atom stereocenters. The number of carbonyl (C=O) groups excluding carboxylic acids is 2. The third-order valence-electron chi connectivity index (χ3n) is 4.14. The Morgan fingerprint density at radius 2 is 2.05 bits per heavy atom. The maximum absolute atomic E-state index is 12.6. The molecule has 120 valence electrons. The van der Waals surface area contributed by atoms with Crippen molar-refractivity contribution in [1.82, 2.24) is 10.2 Å². The van der Waals surface area contributed by atoms with Crippen molar-refractivity contribution in [2.75, 3.05) is 19.8 Å². The van der Waals surface area contributed by atoms with Crippen LogP contribution in [0.2, 0.25) is 0 Å². The van der Waals surface area contributed by atoms with E-state index in [4.69, 9.17) is 4.74 Å². The highest BCUT2D eigenvalue weighted by Gasteiger charge is 2.45. The molecule has 1 N–H and O–H groups in total. The van der Waals surface area contributed by atoms with Gasteiger partial charge in [0, 0.05) is 19.8 Å². The van der Waals surface area contributed by atoms with Gasteiger partial charge in [-0.15, -0.1) is 0 Å². The van der Waals surface area contributed by atoms with Crippen molar-refractivity contribution in [2.45, 2.75) is 58.5 Å². The number of piperazine rings is 1. The van der Waals surface area contributed by atoms with Crippen LogP contribution in [0, 0.1) is 11.8 Å². The molecular weight excluding hydrogens is 268 g/mol. The zero-order valence-corrected chi connectivity index (χ0v) is 13.4. The van der Waals surface area contributed by atoms with Gasteiger partial charge in [0.15, 0.2) is 0 Å². The largest absolute Gasteiger partial charge is 0.381 e. The van der Waals surface area contributed by atoms with Crippen LogP contribution in [0.4, 0.5) is 0 Å². The summed E-state index contributed by atoms with van der Waals surface area (Å²) in [6, 6.07) is -0.588. The molecule has 1 heterocycles. The lowest BCUT2D eigenvalue weighted by Gasteiger charge is -2.38.